The number of benzene rings is 1. The molecule has 2 aromatic heterocycles. The molecule has 3 aromatic rings. The molecule has 6 rings (SSSR count). The number of phenolic OH excluding ortho intramolecular Hbond substituents is 2. The van der Waals surface area contributed by atoms with Crippen LogP contribution in [0.5, 0.6) is 11.5 Å². The number of carbonyl (C=O) groups excluding carboxylic acids is 1. The number of hydrogen-bond acceptors (Lipinski definition) is 7. The van der Waals surface area contributed by atoms with Crippen molar-refractivity contribution in [3.05, 3.63) is 39.9 Å². The molecule has 9 nitrogen and oxygen atoms in total. The quantitative estimate of drug-likeness (QED) is 0.430. The molecule has 0 amide bonds. The highest BCUT2D eigenvalue weighted by Gasteiger charge is 2.56. The minimum atomic E-state index is -0.423. The van der Waals surface area contributed by atoms with Crippen LogP contribution in [0.4, 0.5) is 5.95 Å². The summed E-state index contributed by atoms with van der Waals surface area (Å²) < 4.78 is 1.73. The number of nitrogens with one attached hydrogen (secondary N) is 1. The van der Waals surface area contributed by atoms with Crippen LogP contribution >= 0.6 is 0 Å². The van der Waals surface area contributed by atoms with E-state index in [0.717, 1.165) is 24.8 Å². The number of nitrogens with zero attached hydrogens (tertiary/aromatic N) is 3. The number of aromatic hydroxyl groups is 2. The van der Waals surface area contributed by atoms with Crippen molar-refractivity contribution in [3.63, 3.8) is 0 Å². The van der Waals surface area contributed by atoms with Crippen molar-refractivity contribution in [2.24, 2.45) is 17.3 Å². The van der Waals surface area contributed by atoms with E-state index in [1.807, 2.05) is 6.07 Å². The molecule has 5 atom stereocenters. The summed E-state index contributed by atoms with van der Waals surface area (Å²) in [5.41, 5.74) is 7.08. The van der Waals surface area contributed by atoms with Gasteiger partial charge in [-0.25, -0.2) is 4.98 Å². The number of fused-ring (bicyclic) bond motifs is 6. The molecule has 1 unspecified atom stereocenters. The third-order valence-electron chi connectivity index (χ3n) is 8.40. The number of Topliss-reactive ketones (excluding diaryl/α,β-unsaturated/α-hetero) is 1. The maximum absolute atomic E-state index is 12.8. The lowest BCUT2D eigenvalue weighted by Gasteiger charge is -2.50. The molecule has 0 spiro atoms. The van der Waals surface area contributed by atoms with Gasteiger partial charge in [0.05, 0.1) is 12.4 Å². The van der Waals surface area contributed by atoms with E-state index in [9.17, 15) is 19.8 Å². The van der Waals surface area contributed by atoms with E-state index in [1.54, 1.807) is 10.9 Å². The third kappa shape index (κ3) is 2.39. The van der Waals surface area contributed by atoms with Crippen LogP contribution in [0.3, 0.4) is 0 Å². The largest absolute Gasteiger partial charge is 0.504 e. The Morgan fingerprint density at radius 3 is 2.88 bits per heavy atom. The zero-order valence-electron chi connectivity index (χ0n) is 17.7. The molecule has 0 bridgehead atoms. The molecule has 2 heterocycles. The molecule has 0 radical (unpaired) electrons. The fraction of sp³-hybridized carbons (Fsp3) is 0.478. The van der Waals surface area contributed by atoms with Gasteiger partial charge >= 0.3 is 0 Å². The molecule has 3 aliphatic carbocycles. The smallest absolute Gasteiger partial charge is 0.278 e. The van der Waals surface area contributed by atoms with Crippen molar-refractivity contribution in [2.75, 3.05) is 5.73 Å². The Labute approximate surface area is 183 Å². The van der Waals surface area contributed by atoms with E-state index in [2.05, 4.69) is 21.9 Å². The number of aromatic amines is 1. The molecule has 2 fully saturated rings. The summed E-state index contributed by atoms with van der Waals surface area (Å²) in [6.07, 6.45) is 5.35. The summed E-state index contributed by atoms with van der Waals surface area (Å²) in [6, 6.07) is 2.99. The predicted octanol–water partition coefficient (Wildman–Crippen LogP) is 2.59. The van der Waals surface area contributed by atoms with Crippen molar-refractivity contribution >= 4 is 22.9 Å². The lowest BCUT2D eigenvalue weighted by atomic mass is 9.55. The molecule has 166 valence electrons. The van der Waals surface area contributed by atoms with Crippen molar-refractivity contribution in [1.29, 1.82) is 0 Å². The lowest BCUT2D eigenvalue weighted by molar-refractivity contribution is -0.129. The number of nitrogens with two attached hydrogens (primary N) is 1. The van der Waals surface area contributed by atoms with Crippen LogP contribution in [0.1, 0.15) is 62.1 Å². The molecular formula is C23H25N5O4. The first-order valence-electron chi connectivity index (χ1n) is 11.1. The number of hydrogen-bond donors (Lipinski definition) is 4. The Hall–Kier alpha value is -3.36. The molecule has 3 aliphatic rings. The van der Waals surface area contributed by atoms with E-state index < -0.39 is 11.6 Å². The zero-order chi connectivity index (χ0) is 22.4. The van der Waals surface area contributed by atoms with Gasteiger partial charge in [0.1, 0.15) is 5.78 Å². The van der Waals surface area contributed by atoms with Gasteiger partial charge in [-0.3, -0.25) is 14.6 Å². The molecule has 32 heavy (non-hydrogen) atoms. The molecule has 0 aliphatic heterocycles. The lowest BCUT2D eigenvalue weighted by Crippen LogP contribution is -2.44. The summed E-state index contributed by atoms with van der Waals surface area (Å²) >= 11 is 0. The number of ketones is 1. The van der Waals surface area contributed by atoms with Gasteiger partial charge in [0, 0.05) is 17.4 Å². The summed E-state index contributed by atoms with van der Waals surface area (Å²) in [5.74, 6) is 0.652. The summed E-state index contributed by atoms with van der Waals surface area (Å²) in [4.78, 5) is 36.5. The first kappa shape index (κ1) is 19.3. The van der Waals surface area contributed by atoms with Crippen molar-refractivity contribution in [2.45, 2.75) is 51.0 Å². The number of H-pyrrole nitrogens is 1. The second-order valence-electron chi connectivity index (χ2n) is 9.76. The van der Waals surface area contributed by atoms with Gasteiger partial charge in [0.15, 0.2) is 22.7 Å². The van der Waals surface area contributed by atoms with Gasteiger partial charge in [0.25, 0.3) is 5.56 Å². The van der Waals surface area contributed by atoms with E-state index in [0.29, 0.717) is 24.2 Å². The van der Waals surface area contributed by atoms with Crippen LogP contribution in [0.2, 0.25) is 0 Å². The highest BCUT2D eigenvalue weighted by atomic mass is 16.3. The van der Waals surface area contributed by atoms with E-state index in [4.69, 9.17) is 5.73 Å². The van der Waals surface area contributed by atoms with Crippen LogP contribution in [-0.2, 0) is 4.79 Å². The monoisotopic (exact) mass is 435 g/mol. The fourth-order valence-electron chi connectivity index (χ4n) is 6.89. The second-order valence-corrected chi connectivity index (χ2v) is 9.76. The van der Waals surface area contributed by atoms with Crippen LogP contribution in [0.15, 0.2) is 23.3 Å². The van der Waals surface area contributed by atoms with Crippen LogP contribution < -0.4 is 11.3 Å². The number of aromatic nitrogens is 4. The SMILES string of the molecule is C[C@]12CC[C@@H]3c4ccc(O)c(O)c4C(n4cnc5nc(N)[nH]c(=O)c54)C[C@H]3[C@@H]1CCC2=O. The highest BCUT2D eigenvalue weighted by Crippen LogP contribution is 2.62. The molecule has 2 saturated carbocycles. The van der Waals surface area contributed by atoms with E-state index >= 15 is 0 Å². The fourth-order valence-corrected chi connectivity index (χ4v) is 6.89. The first-order chi connectivity index (χ1) is 15.3. The summed E-state index contributed by atoms with van der Waals surface area (Å²) in [6.45, 7) is 2.10. The Bertz CT molecular complexity index is 1340. The standard InChI is InChI=1S/C23H25N5O4/c1-23-7-6-10-11-2-4-15(29)19(31)17(11)14(8-12(10)13(23)3-5-16(23)30)28-9-25-20-18(28)21(32)27-22(24)26-20/h2,4,9-10,12-14,29,31H,3,5-8H2,1H3,(H3,24,26,27,32)/t10-,12-,13+,14?,23+/m1/s1. The van der Waals surface area contributed by atoms with Gasteiger partial charge in [0.2, 0.25) is 5.95 Å². The highest BCUT2D eigenvalue weighted by molar-refractivity contribution is 5.87. The van der Waals surface area contributed by atoms with E-state index in [1.165, 1.54) is 6.07 Å². The van der Waals surface area contributed by atoms with Gasteiger partial charge in [-0.15, -0.1) is 0 Å². The van der Waals surface area contributed by atoms with Crippen molar-refractivity contribution in [1.82, 2.24) is 19.5 Å². The van der Waals surface area contributed by atoms with Crippen molar-refractivity contribution < 1.29 is 15.0 Å². The average Bonchev–Trinajstić information content (AvgIpc) is 3.31. The average molecular weight is 435 g/mol. The Morgan fingerprint density at radius 1 is 1.25 bits per heavy atom. The number of carbonyl (C=O) groups is 1. The minimum Gasteiger partial charge on any atom is -0.504 e. The predicted molar refractivity (Wildman–Crippen MR) is 116 cm³/mol. The number of anilines is 1. The topological polar surface area (TPSA) is 147 Å². The molecule has 9 heteroatoms. The van der Waals surface area contributed by atoms with Gasteiger partial charge < -0.3 is 20.5 Å². The Kier molecular flexibility index (Phi) is 3.83. The van der Waals surface area contributed by atoms with Crippen LogP contribution in [0, 0.1) is 17.3 Å². The second kappa shape index (κ2) is 6.34. The Morgan fingerprint density at radius 2 is 2.06 bits per heavy atom. The number of phenols is 2. The van der Waals surface area contributed by atoms with E-state index in [-0.39, 0.29) is 51.8 Å². The molecule has 5 N–H and O–H groups in total. The first-order valence-corrected chi connectivity index (χ1v) is 11.1. The van der Waals surface area contributed by atoms with Crippen LogP contribution in [0.25, 0.3) is 11.2 Å². The van der Waals surface area contributed by atoms with Crippen molar-refractivity contribution in [3.8, 4) is 11.5 Å². The zero-order valence-corrected chi connectivity index (χ0v) is 17.7. The summed E-state index contributed by atoms with van der Waals surface area (Å²) in [5, 5.41) is 21.2. The normalized spacial score (nSPS) is 31.3. The van der Waals surface area contributed by atoms with Crippen LogP contribution in [-0.4, -0.2) is 35.5 Å². The van der Waals surface area contributed by atoms with Gasteiger partial charge in [-0.1, -0.05) is 13.0 Å². The molecular weight excluding hydrogens is 410 g/mol. The molecule has 1 aromatic carbocycles. The number of nitrogen functional groups attached to an aromatic ring is 1. The summed E-state index contributed by atoms with van der Waals surface area (Å²) in [7, 11) is 0. The van der Waals surface area contributed by atoms with Gasteiger partial charge in [-0.2, -0.15) is 4.98 Å². The number of imidazole rings is 1. The van der Waals surface area contributed by atoms with Gasteiger partial charge in [-0.05, 0) is 55.1 Å². The maximum Gasteiger partial charge on any atom is 0.278 e. The third-order valence-corrected chi connectivity index (χ3v) is 8.40. The minimum absolute atomic E-state index is 0.00938. The maximum atomic E-state index is 12.8. The number of rotatable bonds is 1. The Balaban J connectivity index is 1.57. The molecule has 0 saturated heterocycles.